The molecule has 0 aliphatic carbocycles. The fourth-order valence-corrected chi connectivity index (χ4v) is 1.63. The zero-order valence-electron chi connectivity index (χ0n) is 8.49. The van der Waals surface area contributed by atoms with Crippen LogP contribution in [0.3, 0.4) is 0 Å². The van der Waals surface area contributed by atoms with Crippen molar-refractivity contribution >= 4 is 17.6 Å². The first-order valence-corrected chi connectivity index (χ1v) is 4.65. The smallest absolute Gasteiger partial charge is 0.358 e. The Labute approximate surface area is 94.6 Å². The Balaban J connectivity index is 2.76. The van der Waals surface area contributed by atoms with Gasteiger partial charge in [-0.2, -0.15) is 4.98 Å². The molecule has 0 unspecified atom stereocenters. The van der Waals surface area contributed by atoms with Crippen molar-refractivity contribution in [3.63, 3.8) is 0 Å². The highest BCUT2D eigenvalue weighted by Gasteiger charge is 2.20. The van der Waals surface area contributed by atoms with Crippen LogP contribution in [0.4, 0.5) is 0 Å². The van der Waals surface area contributed by atoms with Crippen molar-refractivity contribution in [3.05, 3.63) is 29.6 Å². The van der Waals surface area contributed by atoms with Crippen molar-refractivity contribution in [2.75, 3.05) is 0 Å². The molecule has 0 saturated heterocycles. The maximum Gasteiger partial charge on any atom is 0.358 e. The number of carboxylic acids is 2. The Kier molecular flexibility index (Phi) is 2.43. The average Bonchev–Trinajstić information content (AvgIpc) is 2.54. The zero-order valence-corrected chi connectivity index (χ0v) is 8.49. The van der Waals surface area contributed by atoms with Gasteiger partial charge in [-0.3, -0.25) is 9.20 Å². The molecule has 0 bridgehead atoms. The molecule has 7 nitrogen and oxygen atoms in total. The number of aliphatic carboxylic acids is 1. The lowest BCUT2D eigenvalue weighted by atomic mass is 10.2. The Morgan fingerprint density at radius 2 is 2.00 bits per heavy atom. The summed E-state index contributed by atoms with van der Waals surface area (Å²) in [6, 6.07) is 4.50. The summed E-state index contributed by atoms with van der Waals surface area (Å²) in [6.07, 6.45) is -0.354. The van der Waals surface area contributed by atoms with E-state index in [2.05, 4.69) is 4.98 Å². The molecule has 2 aromatic heterocycles. The van der Waals surface area contributed by atoms with Gasteiger partial charge in [0.05, 0.1) is 6.42 Å². The highest BCUT2D eigenvalue weighted by Crippen LogP contribution is 2.20. The summed E-state index contributed by atoms with van der Waals surface area (Å²) in [5.41, 5.74) is -0.00398. The van der Waals surface area contributed by atoms with Crippen molar-refractivity contribution in [1.29, 1.82) is 0 Å². The molecule has 0 fully saturated rings. The molecule has 0 aromatic carbocycles. The number of rotatable bonds is 3. The minimum Gasteiger partial charge on any atom is -0.492 e. The first kappa shape index (κ1) is 10.9. The molecule has 88 valence electrons. The molecule has 0 amide bonds. The van der Waals surface area contributed by atoms with E-state index in [-0.39, 0.29) is 17.8 Å². The van der Waals surface area contributed by atoms with E-state index in [9.17, 15) is 14.7 Å². The lowest BCUT2D eigenvalue weighted by Gasteiger charge is -2.04. The summed E-state index contributed by atoms with van der Waals surface area (Å²) in [5.74, 6) is -3.09. The zero-order chi connectivity index (χ0) is 12.6. The summed E-state index contributed by atoms with van der Waals surface area (Å²) in [4.78, 5) is 25.3. The normalized spacial score (nSPS) is 10.6. The first-order chi connectivity index (χ1) is 8.00. The van der Waals surface area contributed by atoms with Crippen LogP contribution in [0.5, 0.6) is 5.88 Å². The van der Waals surface area contributed by atoms with Crippen LogP contribution in [-0.2, 0) is 11.2 Å². The third-order valence-corrected chi connectivity index (χ3v) is 2.24. The topological polar surface area (TPSA) is 112 Å². The number of pyridine rings is 1. The van der Waals surface area contributed by atoms with Gasteiger partial charge in [0.15, 0.2) is 5.69 Å². The second kappa shape index (κ2) is 3.78. The van der Waals surface area contributed by atoms with Crippen LogP contribution in [-0.4, -0.2) is 36.6 Å². The average molecular weight is 236 g/mol. The standard InChI is InChI=1S/C10H8N2O5/c13-7(14)4-5-2-1-3-6-11-9(15)8(10(16)17)12(5)6/h1-3,15H,4H2,(H,13,14)(H,16,17). The van der Waals surface area contributed by atoms with Crippen LogP contribution < -0.4 is 0 Å². The predicted molar refractivity (Wildman–Crippen MR) is 55.2 cm³/mol. The van der Waals surface area contributed by atoms with E-state index in [4.69, 9.17) is 10.2 Å². The molecule has 2 rings (SSSR count). The summed E-state index contributed by atoms with van der Waals surface area (Å²) in [5, 5.41) is 27.1. The number of nitrogens with zero attached hydrogens (tertiary/aromatic N) is 2. The Bertz CT molecular complexity index is 616. The lowest BCUT2D eigenvalue weighted by Crippen LogP contribution is -2.10. The lowest BCUT2D eigenvalue weighted by molar-refractivity contribution is -0.136. The summed E-state index contributed by atoms with van der Waals surface area (Å²) < 4.78 is 1.12. The maximum absolute atomic E-state index is 11.0. The van der Waals surface area contributed by atoms with Crippen LogP contribution in [0.25, 0.3) is 5.65 Å². The minimum absolute atomic E-state index is 0.193. The molecular formula is C10H8N2O5. The Hall–Kier alpha value is -2.57. The number of imidazole rings is 1. The van der Waals surface area contributed by atoms with E-state index in [1.54, 1.807) is 6.07 Å². The van der Waals surface area contributed by atoms with Gasteiger partial charge in [0.1, 0.15) is 5.65 Å². The van der Waals surface area contributed by atoms with Gasteiger partial charge in [0.25, 0.3) is 0 Å². The van der Waals surface area contributed by atoms with Crippen molar-refractivity contribution < 1.29 is 24.9 Å². The second-order valence-corrected chi connectivity index (χ2v) is 3.37. The fraction of sp³-hybridized carbons (Fsp3) is 0.100. The van der Waals surface area contributed by atoms with Gasteiger partial charge in [-0.25, -0.2) is 4.79 Å². The summed E-state index contributed by atoms with van der Waals surface area (Å²) in [7, 11) is 0. The molecule has 0 saturated carbocycles. The molecule has 2 heterocycles. The monoisotopic (exact) mass is 236 g/mol. The van der Waals surface area contributed by atoms with E-state index >= 15 is 0 Å². The molecule has 3 N–H and O–H groups in total. The van der Waals surface area contributed by atoms with E-state index in [1.165, 1.54) is 12.1 Å². The molecule has 0 spiro atoms. The minimum atomic E-state index is -1.37. The molecule has 2 aromatic rings. The van der Waals surface area contributed by atoms with Gasteiger partial charge >= 0.3 is 11.9 Å². The number of carbonyl (C=O) groups is 2. The van der Waals surface area contributed by atoms with Crippen molar-refractivity contribution in [3.8, 4) is 5.88 Å². The summed E-state index contributed by atoms with van der Waals surface area (Å²) in [6.45, 7) is 0. The van der Waals surface area contributed by atoms with Crippen molar-refractivity contribution in [2.45, 2.75) is 6.42 Å². The van der Waals surface area contributed by atoms with Crippen molar-refractivity contribution in [1.82, 2.24) is 9.38 Å². The molecule has 0 atom stereocenters. The van der Waals surface area contributed by atoms with E-state index in [0.29, 0.717) is 0 Å². The van der Waals surface area contributed by atoms with Crippen molar-refractivity contribution in [2.24, 2.45) is 0 Å². The molecule has 0 radical (unpaired) electrons. The third kappa shape index (κ3) is 1.78. The number of aromatic hydroxyl groups is 1. The maximum atomic E-state index is 11.0. The molecule has 7 heteroatoms. The van der Waals surface area contributed by atoms with Gasteiger partial charge in [-0.15, -0.1) is 0 Å². The Morgan fingerprint density at radius 3 is 2.59 bits per heavy atom. The molecule has 0 aliphatic rings. The summed E-state index contributed by atoms with van der Waals surface area (Å²) >= 11 is 0. The molecule has 17 heavy (non-hydrogen) atoms. The third-order valence-electron chi connectivity index (χ3n) is 2.24. The largest absolute Gasteiger partial charge is 0.492 e. The number of hydrogen-bond acceptors (Lipinski definition) is 4. The number of carboxylic acid groups (broad SMARTS) is 2. The number of aromatic nitrogens is 2. The van der Waals surface area contributed by atoms with E-state index in [0.717, 1.165) is 4.40 Å². The van der Waals surface area contributed by atoms with Gasteiger partial charge in [-0.05, 0) is 12.1 Å². The van der Waals surface area contributed by atoms with E-state index < -0.39 is 23.5 Å². The number of fused-ring (bicyclic) bond motifs is 1. The van der Waals surface area contributed by atoms with Crippen LogP contribution in [0, 0.1) is 0 Å². The van der Waals surface area contributed by atoms with Crippen LogP contribution in [0.2, 0.25) is 0 Å². The van der Waals surface area contributed by atoms with Gasteiger partial charge in [0.2, 0.25) is 5.88 Å². The predicted octanol–water partition coefficient (Wildman–Crippen LogP) is 0.365. The Morgan fingerprint density at radius 1 is 1.29 bits per heavy atom. The molecular weight excluding hydrogens is 228 g/mol. The fourth-order valence-electron chi connectivity index (χ4n) is 1.63. The van der Waals surface area contributed by atoms with E-state index in [1.807, 2.05) is 0 Å². The number of hydrogen-bond donors (Lipinski definition) is 3. The van der Waals surface area contributed by atoms with Gasteiger partial charge in [-0.1, -0.05) is 6.07 Å². The SMILES string of the molecule is O=C(O)Cc1cccc2nc(O)c(C(=O)O)n12. The molecule has 0 aliphatic heterocycles. The van der Waals surface area contributed by atoms with Gasteiger partial charge in [0, 0.05) is 5.69 Å². The second-order valence-electron chi connectivity index (χ2n) is 3.37. The number of aromatic carboxylic acids is 1. The van der Waals surface area contributed by atoms with Gasteiger partial charge < -0.3 is 15.3 Å². The van der Waals surface area contributed by atoms with Crippen LogP contribution in [0.1, 0.15) is 16.2 Å². The quantitative estimate of drug-likeness (QED) is 0.709. The highest BCUT2D eigenvalue weighted by atomic mass is 16.4. The van der Waals surface area contributed by atoms with Crippen LogP contribution >= 0.6 is 0 Å². The van der Waals surface area contributed by atoms with Crippen LogP contribution in [0.15, 0.2) is 18.2 Å². The highest BCUT2D eigenvalue weighted by molar-refractivity contribution is 5.90. The first-order valence-electron chi connectivity index (χ1n) is 4.65.